The lowest BCUT2D eigenvalue weighted by Crippen LogP contribution is -2.54. The van der Waals surface area contributed by atoms with Crippen LogP contribution < -0.4 is 16.9 Å². The Morgan fingerprint density at radius 2 is 1.90 bits per heavy atom. The summed E-state index contributed by atoms with van der Waals surface area (Å²) in [7, 11) is 0. The predicted octanol–water partition coefficient (Wildman–Crippen LogP) is -0.371. The summed E-state index contributed by atoms with van der Waals surface area (Å²) >= 11 is 5.03. The molecule has 0 aromatic carbocycles. The zero-order valence-corrected chi connectivity index (χ0v) is 12.2. The Morgan fingerprint density at radius 3 is 2.30 bits per heavy atom. The van der Waals surface area contributed by atoms with Crippen molar-refractivity contribution >= 4 is 29.3 Å². The zero-order chi connectivity index (χ0) is 15.9. The quantitative estimate of drug-likeness (QED) is 0.439. The van der Waals surface area contributed by atoms with E-state index in [1.54, 1.807) is 0 Å². The third kappa shape index (κ3) is 7.25. The van der Waals surface area contributed by atoms with Gasteiger partial charge in [0.05, 0.1) is 12.6 Å². The molecule has 116 valence electrons. The molecule has 0 saturated carbocycles. The summed E-state index contributed by atoms with van der Waals surface area (Å²) in [6, 6.07) is -0.854. The fraction of sp³-hybridized carbons (Fsp3) is 0.727. The molecule has 2 atom stereocenters. The van der Waals surface area contributed by atoms with E-state index in [-0.39, 0.29) is 18.9 Å². The highest BCUT2D eigenvalue weighted by Gasteiger charge is 2.25. The van der Waals surface area contributed by atoms with Crippen molar-refractivity contribution < 1.29 is 18.8 Å². The summed E-state index contributed by atoms with van der Waals surface area (Å²) in [5.74, 6) is -2.37. The Labute approximate surface area is 121 Å². The van der Waals surface area contributed by atoms with Crippen LogP contribution in [0.2, 0.25) is 0 Å². The number of rotatable bonds is 7. The average Bonchev–Trinajstić information content (AvgIpc) is 2.31. The summed E-state index contributed by atoms with van der Waals surface area (Å²) in [6.07, 6.45) is 0.151. The molecule has 0 bridgehead atoms. The number of hydrogen-bond acceptors (Lipinski definition) is 4. The van der Waals surface area contributed by atoms with Crippen LogP contribution in [0.5, 0.6) is 0 Å². The van der Waals surface area contributed by atoms with Crippen LogP contribution in [0.15, 0.2) is 0 Å². The highest BCUT2D eigenvalue weighted by atomic mass is 35.5. The molecule has 3 amide bonds. The van der Waals surface area contributed by atoms with Gasteiger partial charge in [0.1, 0.15) is 0 Å². The van der Waals surface area contributed by atoms with Gasteiger partial charge in [-0.15, -0.1) is 0 Å². The number of amides is 3. The van der Waals surface area contributed by atoms with Crippen LogP contribution in [0.25, 0.3) is 0 Å². The third-order valence-electron chi connectivity index (χ3n) is 2.34. The van der Waals surface area contributed by atoms with Crippen LogP contribution in [-0.4, -0.2) is 40.9 Å². The normalized spacial score (nSPS) is 13.7. The van der Waals surface area contributed by atoms with Gasteiger partial charge in [-0.2, -0.15) is 0 Å². The largest absolute Gasteiger partial charge is 0.370 e. The van der Waals surface area contributed by atoms with E-state index < -0.39 is 29.4 Å². The van der Waals surface area contributed by atoms with Gasteiger partial charge in [0, 0.05) is 6.42 Å². The topological polar surface area (TPSA) is 119 Å². The van der Waals surface area contributed by atoms with Gasteiger partial charge in [-0.05, 0) is 12.3 Å². The lowest BCUT2D eigenvalue weighted by molar-refractivity contribution is -0.144. The molecule has 0 heterocycles. The minimum atomic E-state index is -2.33. The summed E-state index contributed by atoms with van der Waals surface area (Å²) < 4.78 is 12.8. The Morgan fingerprint density at radius 1 is 1.35 bits per heavy atom. The first-order valence-electron chi connectivity index (χ1n) is 6.09. The van der Waals surface area contributed by atoms with Crippen molar-refractivity contribution in [3.63, 3.8) is 0 Å². The van der Waals surface area contributed by atoms with Crippen molar-refractivity contribution in [2.24, 2.45) is 17.4 Å². The second-order valence-electron chi connectivity index (χ2n) is 4.72. The van der Waals surface area contributed by atoms with Gasteiger partial charge < -0.3 is 11.5 Å². The first-order valence-corrected chi connectivity index (χ1v) is 6.52. The van der Waals surface area contributed by atoms with E-state index in [0.717, 1.165) is 0 Å². The number of carbonyl (C=O) groups excluding carboxylic acids is 3. The molecule has 7 nitrogen and oxygen atoms in total. The maximum atomic E-state index is 12.8. The number of nitrogens with two attached hydrogens (primary N) is 2. The number of primary amides is 1. The molecule has 2 unspecified atom stereocenters. The number of halogens is 2. The summed E-state index contributed by atoms with van der Waals surface area (Å²) in [5.41, 5.74) is 10.4. The minimum Gasteiger partial charge on any atom is -0.370 e. The molecule has 9 heteroatoms. The number of hydrogen-bond donors (Lipinski definition) is 3. The number of alkyl halides is 2. The third-order valence-corrected chi connectivity index (χ3v) is 2.53. The molecule has 0 aromatic rings. The average molecular weight is 311 g/mol. The van der Waals surface area contributed by atoms with Crippen molar-refractivity contribution in [2.75, 3.05) is 6.54 Å². The molecule has 0 aliphatic heterocycles. The van der Waals surface area contributed by atoms with Crippen molar-refractivity contribution in [1.29, 1.82) is 0 Å². The molecular weight excluding hydrogens is 291 g/mol. The van der Waals surface area contributed by atoms with Crippen LogP contribution in [-0.2, 0) is 14.4 Å². The SMILES string of the molecule is CC(C)CC(N)C(=O)NN(CCC(N)=O)C(=O)C(F)Cl. The van der Waals surface area contributed by atoms with Crippen molar-refractivity contribution in [3.05, 3.63) is 0 Å². The monoisotopic (exact) mass is 310 g/mol. The molecule has 0 fully saturated rings. The Balaban J connectivity index is 4.66. The summed E-state index contributed by atoms with van der Waals surface area (Å²) in [5, 5.41) is 0.616. The molecule has 0 radical (unpaired) electrons. The van der Waals surface area contributed by atoms with Gasteiger partial charge in [0.2, 0.25) is 5.91 Å². The van der Waals surface area contributed by atoms with Gasteiger partial charge in [-0.3, -0.25) is 19.8 Å². The van der Waals surface area contributed by atoms with Crippen molar-refractivity contribution in [1.82, 2.24) is 10.4 Å². The van der Waals surface area contributed by atoms with Crippen molar-refractivity contribution in [2.45, 2.75) is 38.4 Å². The van der Waals surface area contributed by atoms with E-state index >= 15 is 0 Å². The summed E-state index contributed by atoms with van der Waals surface area (Å²) in [4.78, 5) is 33.9. The van der Waals surface area contributed by atoms with Crippen LogP contribution in [0.3, 0.4) is 0 Å². The van der Waals surface area contributed by atoms with Crippen LogP contribution in [0.4, 0.5) is 4.39 Å². The van der Waals surface area contributed by atoms with Crippen molar-refractivity contribution in [3.8, 4) is 0 Å². The maximum Gasteiger partial charge on any atom is 0.291 e. The standard InChI is InChI=1S/C11H20ClFN4O3/c1-6(2)5-7(14)10(19)16-17(4-3-8(15)18)11(20)9(12)13/h6-7,9H,3-5,14H2,1-2H3,(H2,15,18)(H,16,19). The van der Waals surface area contributed by atoms with Crippen LogP contribution in [0, 0.1) is 5.92 Å². The molecule has 0 aliphatic rings. The maximum absolute atomic E-state index is 12.8. The van der Waals surface area contributed by atoms with Crippen LogP contribution >= 0.6 is 11.6 Å². The molecular formula is C11H20ClFN4O3. The molecule has 0 aliphatic carbocycles. The number of carbonyl (C=O) groups is 3. The Kier molecular flexibility index (Phi) is 8.09. The molecule has 0 aromatic heterocycles. The van der Waals surface area contributed by atoms with Gasteiger partial charge in [-0.25, -0.2) is 9.40 Å². The van der Waals surface area contributed by atoms with Gasteiger partial charge >= 0.3 is 0 Å². The fourth-order valence-corrected chi connectivity index (χ4v) is 1.51. The molecule has 0 rings (SSSR count). The zero-order valence-electron chi connectivity index (χ0n) is 11.4. The van der Waals surface area contributed by atoms with E-state index in [2.05, 4.69) is 5.43 Å². The van der Waals surface area contributed by atoms with E-state index in [0.29, 0.717) is 11.4 Å². The Hall–Kier alpha value is -1.41. The molecule has 0 spiro atoms. The highest BCUT2D eigenvalue weighted by Crippen LogP contribution is 2.05. The number of nitrogens with one attached hydrogen (secondary N) is 1. The smallest absolute Gasteiger partial charge is 0.291 e. The van der Waals surface area contributed by atoms with E-state index in [1.165, 1.54) is 0 Å². The predicted molar refractivity (Wildman–Crippen MR) is 71.8 cm³/mol. The first-order chi connectivity index (χ1) is 9.15. The summed E-state index contributed by atoms with van der Waals surface area (Å²) in [6.45, 7) is 3.47. The van der Waals surface area contributed by atoms with Gasteiger partial charge in [0.15, 0.2) is 0 Å². The number of hydrazine groups is 1. The van der Waals surface area contributed by atoms with E-state index in [1.807, 2.05) is 13.8 Å². The lowest BCUT2D eigenvalue weighted by Gasteiger charge is -2.25. The van der Waals surface area contributed by atoms with E-state index in [4.69, 9.17) is 23.1 Å². The number of nitrogens with zero attached hydrogens (tertiary/aromatic N) is 1. The first kappa shape index (κ1) is 18.6. The highest BCUT2D eigenvalue weighted by molar-refractivity contribution is 6.29. The molecule has 20 heavy (non-hydrogen) atoms. The van der Waals surface area contributed by atoms with E-state index in [9.17, 15) is 18.8 Å². The minimum absolute atomic E-state index is 0.174. The van der Waals surface area contributed by atoms with Gasteiger partial charge in [-0.1, -0.05) is 25.4 Å². The second kappa shape index (κ2) is 8.70. The van der Waals surface area contributed by atoms with Crippen LogP contribution in [0.1, 0.15) is 26.7 Å². The lowest BCUT2D eigenvalue weighted by atomic mass is 10.0. The Bertz CT molecular complexity index is 366. The fourth-order valence-electron chi connectivity index (χ4n) is 1.39. The second-order valence-corrected chi connectivity index (χ2v) is 5.10. The molecule has 0 saturated heterocycles. The van der Waals surface area contributed by atoms with Gasteiger partial charge in [0.25, 0.3) is 17.4 Å². The molecule has 5 N–H and O–H groups in total.